The summed E-state index contributed by atoms with van der Waals surface area (Å²) in [5.74, 6) is -2.27. The summed E-state index contributed by atoms with van der Waals surface area (Å²) in [6, 6.07) is 6.29. The first-order valence-corrected chi connectivity index (χ1v) is 6.04. The molecule has 0 aliphatic heterocycles. The maximum absolute atomic E-state index is 11.2. The molecule has 0 N–H and O–H groups in total. The zero-order valence-electron chi connectivity index (χ0n) is 11.0. The predicted octanol–water partition coefficient (Wildman–Crippen LogP) is -0.377. The minimum absolute atomic E-state index is 0.348. The van der Waals surface area contributed by atoms with Gasteiger partial charge in [-0.2, -0.15) is 0 Å². The second kappa shape index (κ2) is 6.22. The number of carbonyl (C=O) groups excluding carboxylic acids is 2. The zero-order chi connectivity index (χ0) is 14.5. The van der Waals surface area contributed by atoms with Crippen molar-refractivity contribution in [2.75, 3.05) is 6.61 Å². The van der Waals surface area contributed by atoms with Crippen LogP contribution in [0.5, 0.6) is 5.75 Å². The lowest BCUT2D eigenvalue weighted by Gasteiger charge is -2.31. The molecule has 1 aromatic rings. The van der Waals surface area contributed by atoms with E-state index < -0.39 is 23.8 Å². The molecule has 1 rings (SSSR count). The molecule has 0 aliphatic carbocycles. The highest BCUT2D eigenvalue weighted by Crippen LogP contribution is 2.28. The van der Waals surface area contributed by atoms with Crippen LogP contribution in [0.15, 0.2) is 24.3 Å². The van der Waals surface area contributed by atoms with Gasteiger partial charge in [0.25, 0.3) is 0 Å². The Morgan fingerprint density at radius 1 is 1.21 bits per heavy atom. The second-order valence-electron chi connectivity index (χ2n) is 4.54. The highest BCUT2D eigenvalue weighted by Gasteiger charge is 2.28. The van der Waals surface area contributed by atoms with E-state index in [1.54, 1.807) is 12.1 Å². The van der Waals surface area contributed by atoms with Crippen LogP contribution in [0.2, 0.25) is 0 Å². The molecule has 5 nitrogen and oxygen atoms in total. The van der Waals surface area contributed by atoms with E-state index in [9.17, 15) is 19.8 Å². The van der Waals surface area contributed by atoms with Gasteiger partial charge in [0.05, 0.1) is 12.6 Å². The highest BCUT2D eigenvalue weighted by molar-refractivity contribution is 5.84. The fraction of sp³-hybridized carbons (Fsp3) is 0.429. The molecule has 0 heterocycles. The van der Waals surface area contributed by atoms with E-state index in [1.807, 2.05) is 6.92 Å². The van der Waals surface area contributed by atoms with Crippen molar-refractivity contribution in [3.63, 3.8) is 0 Å². The van der Waals surface area contributed by atoms with E-state index >= 15 is 0 Å². The average Bonchev–Trinajstić information content (AvgIpc) is 2.35. The molecule has 104 valence electrons. The number of hydrogen-bond donors (Lipinski definition) is 0. The smallest absolute Gasteiger partial charge is 0.119 e. The van der Waals surface area contributed by atoms with E-state index in [0.717, 1.165) is 6.42 Å². The number of rotatable bonds is 7. The van der Waals surface area contributed by atoms with Gasteiger partial charge in [0, 0.05) is 17.8 Å². The summed E-state index contributed by atoms with van der Waals surface area (Å²) in [7, 11) is 0. The number of aliphatic carboxylic acids is 2. The number of ether oxygens (including phenoxy) is 1. The average molecular weight is 264 g/mol. The van der Waals surface area contributed by atoms with Crippen LogP contribution in [0.1, 0.15) is 32.3 Å². The molecule has 0 amide bonds. The predicted molar refractivity (Wildman–Crippen MR) is 64.2 cm³/mol. The van der Waals surface area contributed by atoms with Crippen LogP contribution >= 0.6 is 0 Å². The van der Waals surface area contributed by atoms with Gasteiger partial charge >= 0.3 is 0 Å². The molecular formula is C14H16O5-2. The van der Waals surface area contributed by atoms with Crippen LogP contribution in [0, 0.1) is 0 Å². The lowest BCUT2D eigenvalue weighted by atomic mass is 9.79. The van der Waals surface area contributed by atoms with Crippen molar-refractivity contribution >= 4 is 11.9 Å². The molecule has 5 heteroatoms. The van der Waals surface area contributed by atoms with Crippen LogP contribution in [0.4, 0.5) is 0 Å². The van der Waals surface area contributed by atoms with Gasteiger partial charge in [0.1, 0.15) is 5.75 Å². The summed E-state index contributed by atoms with van der Waals surface area (Å²) in [5.41, 5.74) is -1.26. The van der Waals surface area contributed by atoms with E-state index in [-0.39, 0.29) is 0 Å². The lowest BCUT2D eigenvalue weighted by Crippen LogP contribution is -2.47. The summed E-state index contributed by atoms with van der Waals surface area (Å²) in [6.07, 6.45) is 0.230. The Morgan fingerprint density at radius 3 is 2.21 bits per heavy atom. The van der Waals surface area contributed by atoms with Crippen LogP contribution in [-0.4, -0.2) is 18.5 Å². The van der Waals surface area contributed by atoms with Crippen molar-refractivity contribution in [3.8, 4) is 5.75 Å². The molecule has 19 heavy (non-hydrogen) atoms. The van der Waals surface area contributed by atoms with Crippen LogP contribution in [-0.2, 0) is 15.0 Å². The topological polar surface area (TPSA) is 89.5 Å². The largest absolute Gasteiger partial charge is 0.550 e. The number of carbonyl (C=O) groups is 2. The maximum Gasteiger partial charge on any atom is 0.119 e. The molecule has 0 bridgehead atoms. The first-order chi connectivity index (χ1) is 8.90. The van der Waals surface area contributed by atoms with Gasteiger partial charge in [-0.3, -0.25) is 0 Å². The first-order valence-electron chi connectivity index (χ1n) is 6.04. The van der Waals surface area contributed by atoms with Crippen LogP contribution in [0.25, 0.3) is 0 Å². The van der Waals surface area contributed by atoms with E-state index in [1.165, 1.54) is 19.1 Å². The minimum Gasteiger partial charge on any atom is -0.550 e. The minimum atomic E-state index is -1.61. The SMILES string of the molecule is CCCOc1ccc([C@](C)(CC(=O)[O-])C(=O)[O-])cc1. The van der Waals surface area contributed by atoms with Crippen molar-refractivity contribution in [1.29, 1.82) is 0 Å². The summed E-state index contributed by atoms with van der Waals surface area (Å²) in [5, 5.41) is 21.9. The van der Waals surface area contributed by atoms with Crippen LogP contribution < -0.4 is 14.9 Å². The third-order valence-electron chi connectivity index (χ3n) is 2.91. The fourth-order valence-corrected chi connectivity index (χ4v) is 1.72. The second-order valence-corrected chi connectivity index (χ2v) is 4.54. The monoisotopic (exact) mass is 264 g/mol. The third kappa shape index (κ3) is 3.71. The Morgan fingerprint density at radius 2 is 1.79 bits per heavy atom. The van der Waals surface area contributed by atoms with Crippen molar-refractivity contribution in [2.45, 2.75) is 32.1 Å². The van der Waals surface area contributed by atoms with E-state index in [2.05, 4.69) is 0 Å². The van der Waals surface area contributed by atoms with Gasteiger partial charge in [-0.15, -0.1) is 0 Å². The van der Waals surface area contributed by atoms with Gasteiger partial charge in [-0.25, -0.2) is 0 Å². The Labute approximate surface area is 111 Å². The number of carboxylic acids is 2. The summed E-state index contributed by atoms with van der Waals surface area (Å²) >= 11 is 0. The third-order valence-corrected chi connectivity index (χ3v) is 2.91. The van der Waals surface area contributed by atoms with Crippen molar-refractivity contribution in [3.05, 3.63) is 29.8 Å². The quantitative estimate of drug-likeness (QED) is 0.670. The molecule has 1 atom stereocenters. The molecule has 0 spiro atoms. The molecular weight excluding hydrogens is 248 g/mol. The lowest BCUT2D eigenvalue weighted by molar-refractivity contribution is -0.322. The van der Waals surface area contributed by atoms with Crippen molar-refractivity contribution in [2.24, 2.45) is 0 Å². The maximum atomic E-state index is 11.2. The summed E-state index contributed by atoms with van der Waals surface area (Å²) in [4.78, 5) is 21.9. The Bertz CT molecular complexity index is 451. The van der Waals surface area contributed by atoms with Crippen LogP contribution in [0.3, 0.4) is 0 Å². The fourth-order valence-electron chi connectivity index (χ4n) is 1.72. The molecule has 0 unspecified atom stereocenters. The Balaban J connectivity index is 2.98. The standard InChI is InChI=1S/C14H18O5/c1-3-8-19-11-6-4-10(5-7-11)14(2,13(17)18)9-12(15)16/h4-7H,3,8-9H2,1-2H3,(H,15,16)(H,17,18)/p-2/t14-/m0/s1. The normalized spacial score (nSPS) is 13.6. The van der Waals surface area contributed by atoms with Gasteiger partial charge in [0.2, 0.25) is 0 Å². The molecule has 0 saturated heterocycles. The first kappa shape index (κ1) is 15.0. The van der Waals surface area contributed by atoms with Crippen molar-refractivity contribution < 1.29 is 24.5 Å². The number of carboxylic acid groups (broad SMARTS) is 2. The van der Waals surface area contributed by atoms with Gasteiger partial charge in [-0.05, 0) is 31.0 Å². The van der Waals surface area contributed by atoms with Crippen molar-refractivity contribution in [1.82, 2.24) is 0 Å². The Kier molecular flexibility index (Phi) is 4.92. The zero-order valence-corrected chi connectivity index (χ0v) is 11.0. The molecule has 0 radical (unpaired) electrons. The molecule has 0 aliphatic rings. The van der Waals surface area contributed by atoms with Gasteiger partial charge in [-0.1, -0.05) is 19.1 Å². The molecule has 0 saturated carbocycles. The molecule has 0 aromatic heterocycles. The number of benzene rings is 1. The summed E-state index contributed by atoms with van der Waals surface area (Å²) in [6.45, 7) is 3.84. The van der Waals surface area contributed by atoms with Gasteiger partial charge in [0.15, 0.2) is 0 Å². The highest BCUT2D eigenvalue weighted by atomic mass is 16.5. The molecule has 1 aromatic carbocycles. The molecule has 0 fully saturated rings. The Hall–Kier alpha value is -2.04. The van der Waals surface area contributed by atoms with Gasteiger partial charge < -0.3 is 24.5 Å². The summed E-state index contributed by atoms with van der Waals surface area (Å²) < 4.78 is 5.37. The van der Waals surface area contributed by atoms with E-state index in [4.69, 9.17) is 4.74 Å². The van der Waals surface area contributed by atoms with E-state index in [0.29, 0.717) is 17.9 Å². The number of hydrogen-bond acceptors (Lipinski definition) is 5.